The van der Waals surface area contributed by atoms with Crippen molar-refractivity contribution in [2.24, 2.45) is 5.41 Å². The van der Waals surface area contributed by atoms with Gasteiger partial charge < -0.3 is 10.4 Å². The minimum absolute atomic E-state index is 0.0774. The second kappa shape index (κ2) is 5.55. The number of benzene rings is 1. The molecule has 2 bridgehead atoms. The third-order valence-electron chi connectivity index (χ3n) is 6.17. The molecule has 0 saturated heterocycles. The minimum atomic E-state index is -0.678. The van der Waals surface area contributed by atoms with E-state index in [2.05, 4.69) is 10.3 Å². The number of amides is 1. The molecule has 3 aliphatic rings. The normalized spacial score (nSPS) is 28.0. The third kappa shape index (κ3) is 2.58. The van der Waals surface area contributed by atoms with E-state index >= 15 is 0 Å². The van der Waals surface area contributed by atoms with Gasteiger partial charge in [0, 0.05) is 16.6 Å². The van der Waals surface area contributed by atoms with Gasteiger partial charge in [0.25, 0.3) is 5.91 Å². The van der Waals surface area contributed by atoms with E-state index in [1.807, 2.05) is 37.3 Å². The van der Waals surface area contributed by atoms with Crippen LogP contribution in [0.25, 0.3) is 10.9 Å². The number of hydrogen-bond acceptors (Lipinski definition) is 3. The molecule has 2 aromatic rings. The van der Waals surface area contributed by atoms with Gasteiger partial charge in [0.2, 0.25) is 0 Å². The van der Waals surface area contributed by atoms with Crippen LogP contribution in [-0.4, -0.2) is 27.5 Å². The molecule has 2 N–H and O–H groups in total. The largest absolute Gasteiger partial charge is 0.481 e. The SMILES string of the molecule is Cc1cc(C(=O)NC23CCC(C(=O)O)(CC2)CC3)c2ccccc2n1. The fourth-order valence-electron chi connectivity index (χ4n) is 4.50. The summed E-state index contributed by atoms with van der Waals surface area (Å²) in [5.41, 5.74) is 1.47. The number of fused-ring (bicyclic) bond motifs is 4. The number of aryl methyl sites for hydroxylation is 1. The lowest BCUT2D eigenvalue weighted by atomic mass is 9.57. The van der Waals surface area contributed by atoms with Crippen molar-refractivity contribution in [3.63, 3.8) is 0 Å². The molecule has 1 heterocycles. The van der Waals surface area contributed by atoms with Crippen LogP contribution in [0.5, 0.6) is 0 Å². The van der Waals surface area contributed by atoms with Crippen LogP contribution in [0.1, 0.15) is 54.6 Å². The molecular weight excluding hydrogens is 316 g/mol. The second-order valence-corrected chi connectivity index (χ2v) is 7.65. The number of nitrogens with one attached hydrogen (secondary N) is 1. The van der Waals surface area contributed by atoms with Crippen LogP contribution in [0.4, 0.5) is 0 Å². The Morgan fingerprint density at radius 2 is 1.72 bits per heavy atom. The molecule has 3 aliphatic carbocycles. The molecule has 0 spiro atoms. The molecule has 0 aliphatic heterocycles. The van der Waals surface area contributed by atoms with Crippen molar-refractivity contribution in [3.8, 4) is 0 Å². The van der Waals surface area contributed by atoms with Crippen LogP contribution in [0.3, 0.4) is 0 Å². The molecule has 0 unspecified atom stereocenters. The van der Waals surface area contributed by atoms with Gasteiger partial charge in [0.1, 0.15) is 0 Å². The Hall–Kier alpha value is -2.43. The molecule has 25 heavy (non-hydrogen) atoms. The first-order valence-corrected chi connectivity index (χ1v) is 8.86. The molecule has 1 aromatic carbocycles. The average molecular weight is 338 g/mol. The van der Waals surface area contributed by atoms with E-state index in [9.17, 15) is 14.7 Å². The van der Waals surface area contributed by atoms with Gasteiger partial charge in [-0.05, 0) is 57.6 Å². The second-order valence-electron chi connectivity index (χ2n) is 7.65. The van der Waals surface area contributed by atoms with Crippen LogP contribution in [-0.2, 0) is 4.79 Å². The fraction of sp³-hybridized carbons (Fsp3) is 0.450. The zero-order chi connectivity index (χ0) is 17.7. The summed E-state index contributed by atoms with van der Waals surface area (Å²) in [6, 6.07) is 9.51. The molecule has 0 radical (unpaired) electrons. The van der Waals surface area contributed by atoms with Crippen LogP contribution >= 0.6 is 0 Å². The monoisotopic (exact) mass is 338 g/mol. The summed E-state index contributed by atoms with van der Waals surface area (Å²) in [7, 11) is 0. The summed E-state index contributed by atoms with van der Waals surface area (Å²) in [5, 5.41) is 13.6. The van der Waals surface area contributed by atoms with Gasteiger partial charge in [-0.3, -0.25) is 14.6 Å². The number of nitrogens with zero attached hydrogens (tertiary/aromatic N) is 1. The number of pyridine rings is 1. The smallest absolute Gasteiger partial charge is 0.309 e. The summed E-state index contributed by atoms with van der Waals surface area (Å²) in [5.74, 6) is -0.755. The minimum Gasteiger partial charge on any atom is -0.481 e. The van der Waals surface area contributed by atoms with Crippen molar-refractivity contribution < 1.29 is 14.7 Å². The summed E-state index contributed by atoms with van der Waals surface area (Å²) in [4.78, 5) is 29.1. The van der Waals surface area contributed by atoms with Crippen LogP contribution in [0.15, 0.2) is 30.3 Å². The molecule has 130 valence electrons. The predicted octanol–water partition coefficient (Wildman–Crippen LogP) is 3.45. The molecular formula is C20H22N2O3. The number of carboxylic acids is 1. The first kappa shape index (κ1) is 16.1. The van der Waals surface area contributed by atoms with E-state index in [1.165, 1.54) is 0 Å². The van der Waals surface area contributed by atoms with Crippen molar-refractivity contribution in [2.45, 2.75) is 51.0 Å². The van der Waals surface area contributed by atoms with Gasteiger partial charge in [-0.2, -0.15) is 0 Å². The predicted molar refractivity (Wildman–Crippen MR) is 94.4 cm³/mol. The molecule has 3 saturated carbocycles. The number of hydrogen-bond donors (Lipinski definition) is 2. The van der Waals surface area contributed by atoms with Gasteiger partial charge in [-0.1, -0.05) is 18.2 Å². The van der Waals surface area contributed by atoms with Gasteiger partial charge in [0.05, 0.1) is 16.5 Å². The average Bonchev–Trinajstić information content (AvgIpc) is 2.62. The Labute approximate surface area is 146 Å². The standard InChI is InChI=1S/C20H22N2O3/c1-13-12-15(14-4-2-3-5-16(14)21-13)17(23)22-20-9-6-19(7-10-20,8-11-20)18(24)25/h2-5,12H,6-11H2,1H3,(H,22,23)(H,24,25). The van der Waals surface area contributed by atoms with E-state index in [0.717, 1.165) is 35.9 Å². The van der Waals surface area contributed by atoms with Gasteiger partial charge in [-0.25, -0.2) is 0 Å². The van der Waals surface area contributed by atoms with Gasteiger partial charge >= 0.3 is 5.97 Å². The van der Waals surface area contributed by atoms with Crippen molar-refractivity contribution in [1.82, 2.24) is 10.3 Å². The highest BCUT2D eigenvalue weighted by Gasteiger charge is 2.53. The number of carboxylic acid groups (broad SMARTS) is 1. The summed E-state index contributed by atoms with van der Waals surface area (Å²) in [6.45, 7) is 1.89. The molecule has 3 fully saturated rings. The molecule has 5 nitrogen and oxygen atoms in total. The number of carbonyl (C=O) groups is 2. The first-order chi connectivity index (χ1) is 11.9. The maximum Gasteiger partial charge on any atom is 0.309 e. The first-order valence-electron chi connectivity index (χ1n) is 8.86. The van der Waals surface area contributed by atoms with Crippen molar-refractivity contribution in [3.05, 3.63) is 41.6 Å². The van der Waals surface area contributed by atoms with Crippen LogP contribution < -0.4 is 5.32 Å². The van der Waals surface area contributed by atoms with Gasteiger partial charge in [-0.15, -0.1) is 0 Å². The lowest BCUT2D eigenvalue weighted by Crippen LogP contribution is -2.58. The Morgan fingerprint density at radius 1 is 1.08 bits per heavy atom. The third-order valence-corrected chi connectivity index (χ3v) is 6.17. The Kier molecular flexibility index (Phi) is 3.56. The maximum atomic E-state index is 13.0. The molecule has 5 rings (SSSR count). The van der Waals surface area contributed by atoms with E-state index in [1.54, 1.807) is 0 Å². The highest BCUT2D eigenvalue weighted by molar-refractivity contribution is 6.06. The van der Waals surface area contributed by atoms with Crippen molar-refractivity contribution >= 4 is 22.8 Å². The van der Waals surface area contributed by atoms with E-state index < -0.39 is 11.4 Å². The van der Waals surface area contributed by atoms with E-state index in [-0.39, 0.29) is 11.4 Å². The zero-order valence-corrected chi connectivity index (χ0v) is 14.3. The Bertz CT molecular complexity index is 850. The van der Waals surface area contributed by atoms with Gasteiger partial charge in [0.15, 0.2) is 0 Å². The molecule has 0 atom stereocenters. The molecule has 1 aromatic heterocycles. The zero-order valence-electron chi connectivity index (χ0n) is 14.3. The Balaban J connectivity index is 1.61. The fourth-order valence-corrected chi connectivity index (χ4v) is 4.50. The maximum absolute atomic E-state index is 13.0. The number of rotatable bonds is 3. The summed E-state index contributed by atoms with van der Waals surface area (Å²) < 4.78 is 0. The number of aliphatic carboxylic acids is 1. The van der Waals surface area contributed by atoms with Crippen molar-refractivity contribution in [2.75, 3.05) is 0 Å². The van der Waals surface area contributed by atoms with E-state index in [4.69, 9.17) is 0 Å². The highest BCUT2D eigenvalue weighted by atomic mass is 16.4. The van der Waals surface area contributed by atoms with E-state index in [0.29, 0.717) is 24.8 Å². The Morgan fingerprint density at radius 3 is 2.36 bits per heavy atom. The number of carbonyl (C=O) groups excluding carboxylic acids is 1. The number of aromatic nitrogens is 1. The lowest BCUT2D eigenvalue weighted by Gasteiger charge is -2.51. The van der Waals surface area contributed by atoms with Crippen LogP contribution in [0, 0.1) is 12.3 Å². The highest BCUT2D eigenvalue weighted by Crippen LogP contribution is 2.52. The molecule has 5 heteroatoms. The topological polar surface area (TPSA) is 79.3 Å². The summed E-state index contributed by atoms with van der Waals surface area (Å²) >= 11 is 0. The van der Waals surface area contributed by atoms with Crippen molar-refractivity contribution in [1.29, 1.82) is 0 Å². The number of para-hydroxylation sites is 1. The van der Waals surface area contributed by atoms with Crippen LogP contribution in [0.2, 0.25) is 0 Å². The lowest BCUT2D eigenvalue weighted by molar-refractivity contribution is -0.156. The summed E-state index contributed by atoms with van der Waals surface area (Å²) in [6.07, 6.45) is 4.18. The quantitative estimate of drug-likeness (QED) is 0.898. The molecule has 1 amide bonds.